The van der Waals surface area contributed by atoms with E-state index in [1.54, 1.807) is 6.07 Å². The first-order valence-electron chi connectivity index (χ1n) is 10.5. The van der Waals surface area contributed by atoms with Crippen LogP contribution in [0, 0.1) is 0 Å². The first-order chi connectivity index (χ1) is 15.4. The Kier molecular flexibility index (Phi) is 4.88. The van der Waals surface area contributed by atoms with E-state index >= 15 is 0 Å². The van der Waals surface area contributed by atoms with Crippen molar-refractivity contribution in [2.24, 2.45) is 0 Å². The van der Waals surface area contributed by atoms with Crippen molar-refractivity contribution >= 4 is 23.7 Å². The maximum atomic E-state index is 12.9. The zero-order valence-electron chi connectivity index (χ0n) is 17.4. The molecule has 1 saturated heterocycles. The lowest BCUT2D eigenvalue weighted by Gasteiger charge is -2.29. The summed E-state index contributed by atoms with van der Waals surface area (Å²) in [6.45, 7) is 2.08. The molecule has 1 fully saturated rings. The van der Waals surface area contributed by atoms with Crippen LogP contribution in [0.25, 0.3) is 11.3 Å². The molecule has 0 spiro atoms. The number of nitrogens with one attached hydrogen (secondary N) is 1. The normalized spacial score (nSPS) is 22.0. The molecular weight excluding hydrogens is 414 g/mol. The third-order valence-corrected chi connectivity index (χ3v) is 5.98. The third kappa shape index (κ3) is 3.49. The van der Waals surface area contributed by atoms with Crippen LogP contribution < -0.4 is 10.1 Å². The molecule has 4 heterocycles. The van der Waals surface area contributed by atoms with Gasteiger partial charge in [-0.3, -0.25) is 24.5 Å². The summed E-state index contributed by atoms with van der Waals surface area (Å²) < 4.78 is 11.1. The second-order valence-corrected chi connectivity index (χ2v) is 8.10. The second-order valence-electron chi connectivity index (χ2n) is 8.10. The van der Waals surface area contributed by atoms with Crippen LogP contribution in [0.2, 0.25) is 0 Å². The number of benzene rings is 1. The number of esters is 1. The molecule has 9 heteroatoms. The minimum Gasteiger partial charge on any atom is -0.477 e. The van der Waals surface area contributed by atoms with E-state index in [4.69, 9.17) is 9.47 Å². The Balaban J connectivity index is 1.40. The molecule has 5 rings (SSSR count). The van der Waals surface area contributed by atoms with Crippen LogP contribution in [0.3, 0.4) is 0 Å². The lowest BCUT2D eigenvalue weighted by molar-refractivity contribution is -0.148. The van der Waals surface area contributed by atoms with Gasteiger partial charge in [0.1, 0.15) is 12.1 Å². The molecule has 3 aliphatic rings. The van der Waals surface area contributed by atoms with Crippen LogP contribution in [-0.2, 0) is 25.7 Å². The summed E-state index contributed by atoms with van der Waals surface area (Å²) in [6.07, 6.45) is 0.738. The van der Waals surface area contributed by atoms with E-state index in [2.05, 4.69) is 10.3 Å². The molecule has 3 amide bonds. The van der Waals surface area contributed by atoms with Crippen LogP contribution in [0.15, 0.2) is 30.3 Å². The van der Waals surface area contributed by atoms with E-state index in [9.17, 15) is 19.2 Å². The summed E-state index contributed by atoms with van der Waals surface area (Å²) in [5.74, 6) is -0.877. The molecule has 1 N–H and O–H groups in total. The van der Waals surface area contributed by atoms with Gasteiger partial charge in [-0.1, -0.05) is 6.07 Å². The molecule has 1 aromatic heterocycles. The number of carbonyl (C=O) groups is 4. The van der Waals surface area contributed by atoms with E-state index in [-0.39, 0.29) is 30.3 Å². The number of hydrogen-bond acceptors (Lipinski definition) is 7. The number of fused-ring (bicyclic) bond motifs is 2. The highest BCUT2D eigenvalue weighted by Gasteiger charge is 2.39. The number of hydrogen-bond donors (Lipinski definition) is 1. The van der Waals surface area contributed by atoms with Crippen LogP contribution in [0.5, 0.6) is 5.88 Å². The van der Waals surface area contributed by atoms with Crippen molar-refractivity contribution in [3.05, 3.63) is 47.0 Å². The van der Waals surface area contributed by atoms with Crippen molar-refractivity contribution in [3.8, 4) is 17.1 Å². The Morgan fingerprint density at radius 2 is 2.03 bits per heavy atom. The fourth-order valence-corrected chi connectivity index (χ4v) is 4.45. The zero-order chi connectivity index (χ0) is 22.4. The minimum absolute atomic E-state index is 0.216. The fourth-order valence-electron chi connectivity index (χ4n) is 4.45. The Hall–Kier alpha value is -3.75. The van der Waals surface area contributed by atoms with Crippen molar-refractivity contribution in [1.82, 2.24) is 15.2 Å². The molecule has 3 aliphatic heterocycles. The number of piperidine rings is 1. The van der Waals surface area contributed by atoms with Crippen molar-refractivity contribution in [2.75, 3.05) is 6.61 Å². The number of nitrogens with zero attached hydrogens (tertiary/aromatic N) is 2. The maximum Gasteiger partial charge on any atom is 0.303 e. The van der Waals surface area contributed by atoms with Gasteiger partial charge in [0, 0.05) is 37.4 Å². The van der Waals surface area contributed by atoms with Crippen molar-refractivity contribution in [2.45, 2.75) is 44.9 Å². The Morgan fingerprint density at radius 3 is 2.81 bits per heavy atom. The summed E-state index contributed by atoms with van der Waals surface area (Å²) in [5.41, 5.74) is 3.55. The molecular formula is C23H21N3O6. The largest absolute Gasteiger partial charge is 0.477 e. The van der Waals surface area contributed by atoms with Gasteiger partial charge in [0.25, 0.3) is 5.91 Å². The van der Waals surface area contributed by atoms with Gasteiger partial charge in [-0.15, -0.1) is 0 Å². The van der Waals surface area contributed by atoms with Gasteiger partial charge in [-0.05, 0) is 36.2 Å². The van der Waals surface area contributed by atoms with Crippen molar-refractivity contribution in [3.63, 3.8) is 0 Å². The van der Waals surface area contributed by atoms with Gasteiger partial charge in [0.2, 0.25) is 17.7 Å². The summed E-state index contributed by atoms with van der Waals surface area (Å²) in [4.78, 5) is 54.0. The average molecular weight is 435 g/mol. The van der Waals surface area contributed by atoms with Gasteiger partial charge >= 0.3 is 5.97 Å². The number of carbonyl (C=O) groups excluding carboxylic acids is 4. The molecule has 1 unspecified atom stereocenters. The standard InChI is InChI=1S/C23H21N3O6/c1-12(27)32-19-8-9-31-22-16(19)4-5-17(24-22)13-2-3-15-14(10-13)11-26(23(15)30)18-6-7-20(28)25-21(18)29/h2-5,10,18-19H,6-9,11H2,1H3,(H,25,28,29)/t18-,19?/m0/s1. The lowest BCUT2D eigenvalue weighted by atomic mass is 10.0. The predicted octanol–water partition coefficient (Wildman–Crippen LogP) is 1.90. The van der Waals surface area contributed by atoms with Gasteiger partial charge in [0.15, 0.2) is 0 Å². The summed E-state index contributed by atoms with van der Waals surface area (Å²) in [7, 11) is 0. The second kappa shape index (κ2) is 7.74. The first kappa shape index (κ1) is 20.2. The van der Waals surface area contributed by atoms with Gasteiger partial charge in [0.05, 0.1) is 17.9 Å². The molecule has 164 valence electrons. The van der Waals surface area contributed by atoms with Crippen LogP contribution in [-0.4, -0.2) is 46.2 Å². The monoisotopic (exact) mass is 435 g/mol. The molecule has 0 radical (unpaired) electrons. The minimum atomic E-state index is -0.649. The van der Waals surface area contributed by atoms with E-state index in [1.807, 2.05) is 24.3 Å². The highest BCUT2D eigenvalue weighted by molar-refractivity contribution is 6.05. The number of ether oxygens (including phenoxy) is 2. The molecule has 32 heavy (non-hydrogen) atoms. The number of rotatable bonds is 3. The number of imide groups is 1. The zero-order valence-corrected chi connectivity index (χ0v) is 17.4. The van der Waals surface area contributed by atoms with Gasteiger partial charge in [-0.2, -0.15) is 0 Å². The molecule has 2 atom stereocenters. The van der Waals surface area contributed by atoms with Crippen LogP contribution in [0.4, 0.5) is 0 Å². The summed E-state index contributed by atoms with van der Waals surface area (Å²) in [5, 5.41) is 2.31. The quantitative estimate of drug-likeness (QED) is 0.578. The summed E-state index contributed by atoms with van der Waals surface area (Å²) >= 11 is 0. The SMILES string of the molecule is CC(=O)OC1CCOc2nc(-c3ccc4c(c3)CN([C@H]3CCC(=O)NC3=O)C4=O)ccc21. The molecule has 0 saturated carbocycles. The van der Waals surface area contributed by atoms with E-state index in [1.165, 1.54) is 11.8 Å². The smallest absolute Gasteiger partial charge is 0.303 e. The van der Waals surface area contributed by atoms with E-state index < -0.39 is 11.9 Å². The van der Waals surface area contributed by atoms with Gasteiger partial charge in [-0.25, -0.2) is 4.98 Å². The van der Waals surface area contributed by atoms with Gasteiger partial charge < -0.3 is 14.4 Å². The number of aromatic nitrogens is 1. The maximum absolute atomic E-state index is 12.9. The van der Waals surface area contributed by atoms with E-state index in [0.717, 1.165) is 16.7 Å². The first-order valence-corrected chi connectivity index (χ1v) is 10.5. The van der Waals surface area contributed by atoms with Crippen molar-refractivity contribution in [1.29, 1.82) is 0 Å². The molecule has 0 aliphatic carbocycles. The fraction of sp³-hybridized carbons (Fsp3) is 0.348. The number of pyridine rings is 1. The molecule has 1 aromatic carbocycles. The Bertz CT molecular complexity index is 1160. The van der Waals surface area contributed by atoms with Crippen LogP contribution >= 0.6 is 0 Å². The number of amides is 3. The highest BCUT2D eigenvalue weighted by Crippen LogP contribution is 2.36. The Labute approximate surface area is 183 Å². The molecule has 9 nitrogen and oxygen atoms in total. The van der Waals surface area contributed by atoms with Crippen molar-refractivity contribution < 1.29 is 28.7 Å². The molecule has 0 bridgehead atoms. The molecule has 2 aromatic rings. The highest BCUT2D eigenvalue weighted by atomic mass is 16.6. The third-order valence-electron chi connectivity index (χ3n) is 5.98. The topological polar surface area (TPSA) is 115 Å². The predicted molar refractivity (Wildman–Crippen MR) is 110 cm³/mol. The summed E-state index contributed by atoms with van der Waals surface area (Å²) in [6, 6.07) is 8.47. The van der Waals surface area contributed by atoms with Crippen LogP contribution in [0.1, 0.15) is 53.8 Å². The van der Waals surface area contributed by atoms with E-state index in [0.29, 0.717) is 43.1 Å². The average Bonchev–Trinajstić information content (AvgIpc) is 3.09. The Morgan fingerprint density at radius 1 is 1.19 bits per heavy atom. The lowest BCUT2D eigenvalue weighted by Crippen LogP contribution is -2.52.